The Morgan fingerprint density at radius 3 is 2.60 bits per heavy atom. The third-order valence-electron chi connectivity index (χ3n) is 5.55. The summed E-state index contributed by atoms with van der Waals surface area (Å²) < 4.78 is 3.94. The number of hydrogen-bond donors (Lipinski definition) is 1. The van der Waals surface area contributed by atoms with E-state index in [1.165, 1.54) is 16.6 Å². The first-order valence-electron chi connectivity index (χ1n) is 9.46. The SMILES string of the molecule is Cc1ccc(-c2ccn(-c3ccc4c5c(n(C)c4c3)CCNC5)c(=O)c2)nn1.Cl.Cl. The number of rotatable bonds is 2. The summed E-state index contributed by atoms with van der Waals surface area (Å²) in [6, 6.07) is 13.5. The van der Waals surface area contributed by atoms with E-state index in [0.717, 1.165) is 42.0 Å². The van der Waals surface area contributed by atoms with Gasteiger partial charge in [-0.1, -0.05) is 6.07 Å². The number of nitrogens with one attached hydrogen (secondary N) is 1. The van der Waals surface area contributed by atoms with Crippen molar-refractivity contribution in [1.82, 2.24) is 24.6 Å². The Morgan fingerprint density at radius 2 is 1.87 bits per heavy atom. The van der Waals surface area contributed by atoms with Crippen LogP contribution in [0.2, 0.25) is 0 Å². The zero-order valence-corrected chi connectivity index (χ0v) is 18.4. The molecule has 0 amide bonds. The highest BCUT2D eigenvalue weighted by Crippen LogP contribution is 2.29. The summed E-state index contributed by atoms with van der Waals surface area (Å²) in [5.41, 5.74) is 7.02. The molecule has 4 aromatic rings. The molecule has 0 fully saturated rings. The predicted molar refractivity (Wildman–Crippen MR) is 124 cm³/mol. The lowest BCUT2D eigenvalue weighted by Gasteiger charge is -2.14. The van der Waals surface area contributed by atoms with Crippen molar-refractivity contribution in [2.75, 3.05) is 6.54 Å². The number of pyridine rings is 1. The second-order valence-electron chi connectivity index (χ2n) is 7.30. The van der Waals surface area contributed by atoms with E-state index in [9.17, 15) is 4.79 Å². The number of hydrogen-bond acceptors (Lipinski definition) is 4. The van der Waals surface area contributed by atoms with Crippen LogP contribution in [0.15, 0.2) is 53.5 Å². The average Bonchev–Trinajstić information content (AvgIpc) is 3.01. The molecule has 0 saturated heterocycles. The molecule has 0 radical (unpaired) electrons. The van der Waals surface area contributed by atoms with Gasteiger partial charge in [0.05, 0.1) is 22.6 Å². The smallest absolute Gasteiger partial charge is 0.255 e. The van der Waals surface area contributed by atoms with Gasteiger partial charge in [-0.3, -0.25) is 9.36 Å². The lowest BCUT2D eigenvalue weighted by Crippen LogP contribution is -2.24. The van der Waals surface area contributed by atoms with E-state index in [4.69, 9.17) is 0 Å². The summed E-state index contributed by atoms with van der Waals surface area (Å²) in [7, 11) is 2.11. The Balaban J connectivity index is 0.00000128. The summed E-state index contributed by atoms with van der Waals surface area (Å²) in [6.45, 7) is 3.80. The molecule has 30 heavy (non-hydrogen) atoms. The van der Waals surface area contributed by atoms with Gasteiger partial charge in [0.25, 0.3) is 5.56 Å². The maximum absolute atomic E-state index is 12.8. The van der Waals surface area contributed by atoms with Crippen molar-refractivity contribution < 1.29 is 0 Å². The van der Waals surface area contributed by atoms with Crippen LogP contribution in [0.3, 0.4) is 0 Å². The number of benzene rings is 1. The van der Waals surface area contributed by atoms with E-state index in [1.807, 2.05) is 37.4 Å². The van der Waals surface area contributed by atoms with Crippen LogP contribution >= 0.6 is 24.8 Å². The van der Waals surface area contributed by atoms with Crippen LogP contribution < -0.4 is 10.9 Å². The number of fused-ring (bicyclic) bond motifs is 3. The van der Waals surface area contributed by atoms with Gasteiger partial charge in [-0.15, -0.1) is 24.8 Å². The van der Waals surface area contributed by atoms with Gasteiger partial charge in [0, 0.05) is 55.5 Å². The molecule has 1 N–H and O–H groups in total. The summed E-state index contributed by atoms with van der Waals surface area (Å²) in [5, 5.41) is 13.0. The molecule has 8 heteroatoms. The topological polar surface area (TPSA) is 64.7 Å². The van der Waals surface area contributed by atoms with Gasteiger partial charge in [-0.05, 0) is 42.8 Å². The van der Waals surface area contributed by atoms with E-state index < -0.39 is 0 Å². The van der Waals surface area contributed by atoms with Crippen LogP contribution in [0.5, 0.6) is 0 Å². The van der Waals surface area contributed by atoms with Crippen molar-refractivity contribution in [3.63, 3.8) is 0 Å². The number of nitrogens with zero attached hydrogens (tertiary/aromatic N) is 4. The van der Waals surface area contributed by atoms with E-state index in [1.54, 1.807) is 10.6 Å². The van der Waals surface area contributed by atoms with Crippen LogP contribution in [-0.4, -0.2) is 25.9 Å². The van der Waals surface area contributed by atoms with E-state index in [0.29, 0.717) is 5.69 Å². The van der Waals surface area contributed by atoms with Gasteiger partial charge < -0.3 is 9.88 Å². The standard InChI is InChI=1S/C22H21N5O.2ClH/c1-14-3-6-19(25-24-14)15-8-10-27(22(28)11-15)16-4-5-17-18-13-23-9-7-20(18)26(2)21(17)12-16;;/h3-6,8,10-12,23H,7,9,13H2,1-2H3;2*1H. The Bertz CT molecular complexity index is 1260. The monoisotopic (exact) mass is 443 g/mol. The van der Waals surface area contributed by atoms with Crippen LogP contribution in [-0.2, 0) is 20.0 Å². The van der Waals surface area contributed by atoms with E-state index in [2.05, 4.69) is 39.3 Å². The fraction of sp³-hybridized carbons (Fsp3) is 0.227. The molecule has 1 aromatic carbocycles. The molecular weight excluding hydrogens is 421 g/mol. The quantitative estimate of drug-likeness (QED) is 0.514. The molecule has 0 aliphatic carbocycles. The Hall–Kier alpha value is -2.67. The highest BCUT2D eigenvalue weighted by Gasteiger charge is 2.18. The molecule has 156 valence electrons. The highest BCUT2D eigenvalue weighted by atomic mass is 35.5. The third kappa shape index (κ3) is 3.62. The Labute approximate surface area is 186 Å². The fourth-order valence-electron chi connectivity index (χ4n) is 4.05. The molecule has 4 heterocycles. The minimum absolute atomic E-state index is 0. The van der Waals surface area contributed by atoms with Crippen molar-refractivity contribution in [2.24, 2.45) is 7.05 Å². The van der Waals surface area contributed by atoms with Crippen molar-refractivity contribution >= 4 is 35.7 Å². The van der Waals surface area contributed by atoms with Crippen LogP contribution in [0.4, 0.5) is 0 Å². The lowest BCUT2D eigenvalue weighted by molar-refractivity contribution is 0.622. The van der Waals surface area contributed by atoms with Crippen molar-refractivity contribution in [2.45, 2.75) is 19.9 Å². The van der Waals surface area contributed by atoms with Crippen molar-refractivity contribution in [3.8, 4) is 16.9 Å². The normalized spacial score (nSPS) is 12.7. The molecule has 5 rings (SSSR count). The van der Waals surface area contributed by atoms with E-state index >= 15 is 0 Å². The van der Waals surface area contributed by atoms with Gasteiger partial charge in [0.15, 0.2) is 0 Å². The first-order chi connectivity index (χ1) is 13.6. The molecule has 0 atom stereocenters. The third-order valence-corrected chi connectivity index (χ3v) is 5.55. The number of halogens is 2. The minimum atomic E-state index is -0.0835. The van der Waals surface area contributed by atoms with Gasteiger partial charge in [0.1, 0.15) is 0 Å². The molecule has 1 aliphatic heterocycles. The Morgan fingerprint density at radius 1 is 1.03 bits per heavy atom. The minimum Gasteiger partial charge on any atom is -0.347 e. The molecule has 3 aromatic heterocycles. The maximum Gasteiger partial charge on any atom is 0.255 e. The molecular formula is C22H23Cl2N5O. The largest absolute Gasteiger partial charge is 0.347 e. The van der Waals surface area contributed by atoms with E-state index in [-0.39, 0.29) is 30.4 Å². The molecule has 0 unspecified atom stereocenters. The van der Waals surface area contributed by atoms with Crippen LogP contribution in [0.25, 0.3) is 27.8 Å². The summed E-state index contributed by atoms with van der Waals surface area (Å²) in [6.07, 6.45) is 2.84. The summed E-state index contributed by atoms with van der Waals surface area (Å²) in [4.78, 5) is 12.8. The molecule has 0 spiro atoms. The molecule has 0 bridgehead atoms. The summed E-state index contributed by atoms with van der Waals surface area (Å²) in [5.74, 6) is 0. The van der Waals surface area contributed by atoms with Crippen molar-refractivity contribution in [3.05, 3.63) is 76.0 Å². The zero-order valence-electron chi connectivity index (χ0n) is 16.8. The van der Waals surface area contributed by atoms with Gasteiger partial charge >= 0.3 is 0 Å². The lowest BCUT2D eigenvalue weighted by atomic mass is 10.1. The van der Waals surface area contributed by atoms with Gasteiger partial charge in [-0.25, -0.2) is 0 Å². The fourth-order valence-corrected chi connectivity index (χ4v) is 4.05. The molecule has 6 nitrogen and oxygen atoms in total. The predicted octanol–water partition coefficient (Wildman–Crippen LogP) is 3.58. The van der Waals surface area contributed by atoms with Crippen LogP contribution in [0, 0.1) is 6.92 Å². The molecule has 1 aliphatic rings. The van der Waals surface area contributed by atoms with Gasteiger partial charge in [-0.2, -0.15) is 10.2 Å². The highest BCUT2D eigenvalue weighted by molar-refractivity contribution is 5.87. The van der Waals surface area contributed by atoms with Crippen molar-refractivity contribution in [1.29, 1.82) is 0 Å². The zero-order chi connectivity index (χ0) is 19.3. The second-order valence-corrected chi connectivity index (χ2v) is 7.30. The van der Waals surface area contributed by atoms with Crippen LogP contribution in [0.1, 0.15) is 17.0 Å². The second kappa shape index (κ2) is 8.60. The number of aryl methyl sites for hydroxylation is 2. The summed E-state index contributed by atoms with van der Waals surface area (Å²) >= 11 is 0. The Kier molecular flexibility index (Phi) is 6.31. The van der Waals surface area contributed by atoms with Gasteiger partial charge in [0.2, 0.25) is 0 Å². The average molecular weight is 444 g/mol. The molecule has 0 saturated carbocycles. The number of aromatic nitrogens is 4. The maximum atomic E-state index is 12.8. The first kappa shape index (κ1) is 22.0. The first-order valence-corrected chi connectivity index (χ1v) is 9.46.